The fourth-order valence-electron chi connectivity index (χ4n) is 5.95. The first-order chi connectivity index (χ1) is 13.9. The molecule has 2 saturated heterocycles. The first-order valence-corrected chi connectivity index (χ1v) is 10.2. The fraction of sp³-hybridized carbons (Fsp3) is 0.500. The molecule has 3 heterocycles. The van der Waals surface area contributed by atoms with Crippen molar-refractivity contribution in [3.8, 4) is 11.3 Å². The smallest absolute Gasteiger partial charge is 0.293 e. The maximum Gasteiger partial charge on any atom is 0.293 e. The third kappa shape index (κ3) is 2.63. The largest absolute Gasteiger partial charge is 0.350 e. The summed E-state index contributed by atoms with van der Waals surface area (Å²) in [7, 11) is 0. The Labute approximate surface area is 168 Å². The summed E-state index contributed by atoms with van der Waals surface area (Å²) < 4.78 is 19.4. The van der Waals surface area contributed by atoms with Crippen LogP contribution in [0.25, 0.3) is 11.3 Å². The van der Waals surface area contributed by atoms with E-state index in [1.807, 2.05) is 9.80 Å². The van der Waals surface area contributed by atoms with Crippen LogP contribution in [-0.2, 0) is 4.79 Å². The minimum absolute atomic E-state index is 0.0299. The number of piperidine rings is 1. The van der Waals surface area contributed by atoms with Gasteiger partial charge in [0.25, 0.3) is 5.91 Å². The van der Waals surface area contributed by atoms with Crippen molar-refractivity contribution in [2.24, 2.45) is 5.41 Å². The number of halogens is 1. The maximum atomic E-state index is 14.1. The van der Waals surface area contributed by atoms with Crippen LogP contribution in [0, 0.1) is 11.2 Å². The van der Waals surface area contributed by atoms with Crippen LogP contribution in [0.1, 0.15) is 50.1 Å². The van der Waals surface area contributed by atoms with Crippen molar-refractivity contribution in [3.05, 3.63) is 41.9 Å². The van der Waals surface area contributed by atoms with E-state index in [9.17, 15) is 14.0 Å². The van der Waals surface area contributed by atoms with Gasteiger partial charge in [-0.2, -0.15) is 0 Å². The first kappa shape index (κ1) is 18.3. The number of benzene rings is 1. The van der Waals surface area contributed by atoms with Gasteiger partial charge in [-0.1, -0.05) is 24.2 Å². The van der Waals surface area contributed by atoms with Gasteiger partial charge in [0.1, 0.15) is 11.5 Å². The molecule has 3 fully saturated rings. The molecule has 3 aliphatic rings. The van der Waals surface area contributed by atoms with E-state index in [-0.39, 0.29) is 41.1 Å². The van der Waals surface area contributed by atoms with Gasteiger partial charge in [0.2, 0.25) is 11.7 Å². The molecule has 0 spiro atoms. The summed E-state index contributed by atoms with van der Waals surface area (Å²) in [4.78, 5) is 29.6. The van der Waals surface area contributed by atoms with Crippen LogP contribution in [0.5, 0.6) is 0 Å². The number of carbonyl (C=O) groups is 2. The monoisotopic (exact) mass is 397 g/mol. The molecule has 1 aromatic heterocycles. The predicted molar refractivity (Wildman–Crippen MR) is 103 cm³/mol. The van der Waals surface area contributed by atoms with Gasteiger partial charge in [0.15, 0.2) is 0 Å². The zero-order valence-electron chi connectivity index (χ0n) is 16.6. The highest BCUT2D eigenvalue weighted by Crippen LogP contribution is 2.54. The van der Waals surface area contributed by atoms with Crippen molar-refractivity contribution in [1.82, 2.24) is 15.0 Å². The lowest BCUT2D eigenvalue weighted by molar-refractivity contribution is -0.137. The summed E-state index contributed by atoms with van der Waals surface area (Å²) in [6, 6.07) is 8.04. The third-order valence-corrected chi connectivity index (χ3v) is 7.18. The summed E-state index contributed by atoms with van der Waals surface area (Å²) in [5.41, 5.74) is 0.520. The number of aromatic nitrogens is 1. The Morgan fingerprint density at radius 1 is 1.24 bits per heavy atom. The molecule has 2 amide bonds. The highest BCUT2D eigenvalue weighted by Gasteiger charge is 2.61. The average molecular weight is 397 g/mol. The molecule has 2 aromatic rings. The Kier molecular flexibility index (Phi) is 4.05. The number of hydrogen-bond donors (Lipinski definition) is 0. The zero-order valence-corrected chi connectivity index (χ0v) is 16.6. The molecular formula is C22H24FN3O3. The number of amides is 2. The molecule has 6 nitrogen and oxygen atoms in total. The first-order valence-electron chi connectivity index (χ1n) is 10.2. The Balaban J connectivity index is 1.48. The fourth-order valence-corrected chi connectivity index (χ4v) is 5.95. The number of hydrogen-bond acceptors (Lipinski definition) is 4. The van der Waals surface area contributed by atoms with Crippen LogP contribution in [0.15, 0.2) is 34.9 Å². The highest BCUT2D eigenvalue weighted by molar-refractivity contribution is 5.93. The standard InChI is InChI=1S/C22H24FN3O3/c1-13(27)25-12-14-11-22(2)19(25)8-5-9-20(22)26(14)21(28)18-10-17(24-29-18)15-6-3-4-7-16(15)23/h3-4,6-7,10,14,19-20H,5,8-9,11-12H2,1-2H3/t14-,19+,20-,22+/m0/s1. The molecular weight excluding hydrogens is 373 g/mol. The second-order valence-electron chi connectivity index (χ2n) is 8.77. The van der Waals surface area contributed by atoms with E-state index >= 15 is 0 Å². The molecule has 29 heavy (non-hydrogen) atoms. The van der Waals surface area contributed by atoms with Crippen molar-refractivity contribution >= 4 is 11.8 Å². The molecule has 0 unspecified atom stereocenters. The normalized spacial score (nSPS) is 30.5. The minimum atomic E-state index is -0.406. The molecule has 7 heteroatoms. The van der Waals surface area contributed by atoms with E-state index in [1.54, 1.807) is 25.1 Å². The van der Waals surface area contributed by atoms with Crippen LogP contribution in [0.3, 0.4) is 0 Å². The van der Waals surface area contributed by atoms with E-state index in [4.69, 9.17) is 4.52 Å². The molecule has 1 aromatic carbocycles. The van der Waals surface area contributed by atoms with E-state index in [0.717, 1.165) is 25.7 Å². The van der Waals surface area contributed by atoms with Crippen LogP contribution in [0.4, 0.5) is 4.39 Å². The Morgan fingerprint density at radius 2 is 2.00 bits per heavy atom. The zero-order chi connectivity index (χ0) is 20.3. The Bertz CT molecular complexity index is 989. The molecule has 1 saturated carbocycles. The van der Waals surface area contributed by atoms with Crippen LogP contribution < -0.4 is 0 Å². The van der Waals surface area contributed by atoms with Crippen LogP contribution in [0.2, 0.25) is 0 Å². The van der Waals surface area contributed by atoms with Crippen LogP contribution in [-0.4, -0.2) is 51.4 Å². The van der Waals surface area contributed by atoms with Crippen molar-refractivity contribution in [2.75, 3.05) is 6.54 Å². The number of carbonyl (C=O) groups excluding carboxylic acids is 2. The maximum absolute atomic E-state index is 14.1. The van der Waals surface area contributed by atoms with Gasteiger partial charge in [-0.15, -0.1) is 0 Å². The number of fused-ring (bicyclic) bond motifs is 1. The summed E-state index contributed by atoms with van der Waals surface area (Å²) in [6.07, 6.45) is 3.80. The second-order valence-corrected chi connectivity index (χ2v) is 8.77. The summed E-state index contributed by atoms with van der Waals surface area (Å²) in [6.45, 7) is 4.38. The molecule has 2 aliphatic heterocycles. The van der Waals surface area contributed by atoms with Crippen molar-refractivity contribution in [2.45, 2.75) is 57.7 Å². The highest BCUT2D eigenvalue weighted by atomic mass is 19.1. The SMILES string of the molecule is CC(=O)N1C[C@@H]2C[C@@]3(C)[C@H](CCC[C@@H]13)N2C(=O)c1cc(-c2ccccc2F)no1. The molecule has 1 aliphatic carbocycles. The number of nitrogens with zero attached hydrogens (tertiary/aromatic N) is 3. The third-order valence-electron chi connectivity index (χ3n) is 7.18. The molecule has 5 rings (SSSR count). The van der Waals surface area contributed by atoms with Crippen molar-refractivity contribution < 1.29 is 18.5 Å². The van der Waals surface area contributed by atoms with Crippen molar-refractivity contribution in [1.29, 1.82) is 0 Å². The number of likely N-dealkylation sites (tertiary alicyclic amines) is 2. The van der Waals surface area contributed by atoms with Gasteiger partial charge in [0.05, 0.1) is 6.04 Å². The lowest BCUT2D eigenvalue weighted by Crippen LogP contribution is -2.57. The predicted octanol–water partition coefficient (Wildman–Crippen LogP) is 3.48. The van der Waals surface area contributed by atoms with Crippen LogP contribution >= 0.6 is 0 Å². The summed E-state index contributed by atoms with van der Waals surface area (Å²) >= 11 is 0. The van der Waals surface area contributed by atoms with E-state index in [0.29, 0.717) is 17.8 Å². The molecule has 4 atom stereocenters. The quantitative estimate of drug-likeness (QED) is 0.778. The topological polar surface area (TPSA) is 66.7 Å². The lowest BCUT2D eigenvalue weighted by atomic mass is 9.66. The van der Waals surface area contributed by atoms with Gasteiger partial charge in [-0.25, -0.2) is 4.39 Å². The Hall–Kier alpha value is -2.70. The van der Waals surface area contributed by atoms with E-state index < -0.39 is 5.82 Å². The minimum Gasteiger partial charge on any atom is -0.350 e. The summed E-state index contributed by atoms with van der Waals surface area (Å²) in [5.74, 6) is -0.431. The van der Waals surface area contributed by atoms with Gasteiger partial charge in [-0.05, 0) is 37.8 Å². The van der Waals surface area contributed by atoms with Gasteiger partial charge in [0, 0.05) is 42.6 Å². The van der Waals surface area contributed by atoms with Gasteiger partial charge < -0.3 is 14.3 Å². The van der Waals surface area contributed by atoms with Crippen molar-refractivity contribution in [3.63, 3.8) is 0 Å². The van der Waals surface area contributed by atoms with E-state index in [2.05, 4.69) is 12.1 Å². The lowest BCUT2D eigenvalue weighted by Gasteiger charge is -2.49. The molecule has 0 N–H and O–H groups in total. The molecule has 152 valence electrons. The molecule has 0 radical (unpaired) electrons. The molecule has 2 bridgehead atoms. The summed E-state index contributed by atoms with van der Waals surface area (Å²) in [5, 5.41) is 3.94. The average Bonchev–Trinajstić information content (AvgIpc) is 3.28. The van der Waals surface area contributed by atoms with Gasteiger partial charge >= 0.3 is 0 Å². The van der Waals surface area contributed by atoms with Gasteiger partial charge in [-0.3, -0.25) is 9.59 Å². The second kappa shape index (κ2) is 6.40. The number of rotatable bonds is 2. The van der Waals surface area contributed by atoms with E-state index in [1.165, 1.54) is 12.1 Å². The Morgan fingerprint density at radius 3 is 2.76 bits per heavy atom.